The van der Waals surface area contributed by atoms with Crippen LogP contribution in [-0.2, 0) is 22.6 Å². The predicted molar refractivity (Wildman–Crippen MR) is 107 cm³/mol. The molecule has 2 amide bonds. The summed E-state index contributed by atoms with van der Waals surface area (Å²) in [7, 11) is 0. The van der Waals surface area contributed by atoms with Crippen molar-refractivity contribution in [3.63, 3.8) is 0 Å². The molecular formula is C22H23N3O3. The minimum absolute atomic E-state index is 0.0491. The van der Waals surface area contributed by atoms with E-state index in [0.717, 1.165) is 17.7 Å². The Bertz CT molecular complexity index is 1020. The molecule has 28 heavy (non-hydrogen) atoms. The van der Waals surface area contributed by atoms with Crippen LogP contribution in [-0.4, -0.2) is 23.3 Å². The monoisotopic (exact) mass is 377 g/mol. The molecule has 1 unspecified atom stereocenters. The number of aromatic nitrogens is 1. The average molecular weight is 377 g/mol. The summed E-state index contributed by atoms with van der Waals surface area (Å²) in [5.41, 5.74) is 4.48. The van der Waals surface area contributed by atoms with Gasteiger partial charge in [-0.05, 0) is 35.7 Å². The first-order valence-electron chi connectivity index (χ1n) is 9.56. The Morgan fingerprint density at radius 1 is 1.21 bits per heavy atom. The summed E-state index contributed by atoms with van der Waals surface area (Å²) < 4.78 is 5.48. The van der Waals surface area contributed by atoms with Gasteiger partial charge in [-0.3, -0.25) is 9.59 Å². The number of nitrogens with one attached hydrogen (secondary N) is 1. The molecule has 4 rings (SSSR count). The van der Waals surface area contributed by atoms with Crippen molar-refractivity contribution in [2.45, 2.75) is 33.2 Å². The number of aryl methyl sites for hydroxylation is 2. The summed E-state index contributed by atoms with van der Waals surface area (Å²) in [4.78, 5) is 31.0. The van der Waals surface area contributed by atoms with Gasteiger partial charge in [0.05, 0.1) is 5.92 Å². The standard InChI is InChI=1S/C22H23N3O3/c1-3-15-4-6-16(7-5-15)12-23-22(27)17-10-21(26)25(13-17)18-8-9-20-19(11-18)24-14(2)28-20/h4-9,11,17H,3,10,12-13H2,1-2H3,(H,23,27). The first-order chi connectivity index (χ1) is 13.5. The lowest BCUT2D eigenvalue weighted by Gasteiger charge is -2.16. The lowest BCUT2D eigenvalue weighted by Crippen LogP contribution is -2.32. The second-order valence-corrected chi connectivity index (χ2v) is 7.18. The first kappa shape index (κ1) is 18.2. The Morgan fingerprint density at radius 2 is 1.96 bits per heavy atom. The highest BCUT2D eigenvalue weighted by Gasteiger charge is 2.35. The van der Waals surface area contributed by atoms with Crippen LogP contribution in [0.5, 0.6) is 0 Å². The third-order valence-corrected chi connectivity index (χ3v) is 5.18. The van der Waals surface area contributed by atoms with E-state index in [9.17, 15) is 9.59 Å². The van der Waals surface area contributed by atoms with Crippen LogP contribution in [0, 0.1) is 12.8 Å². The van der Waals surface area contributed by atoms with Crippen LogP contribution < -0.4 is 10.2 Å². The Hall–Kier alpha value is -3.15. The van der Waals surface area contributed by atoms with E-state index in [1.54, 1.807) is 11.8 Å². The molecule has 1 aliphatic rings. The average Bonchev–Trinajstić information content (AvgIpc) is 3.27. The molecule has 2 heterocycles. The van der Waals surface area contributed by atoms with E-state index in [0.29, 0.717) is 30.1 Å². The van der Waals surface area contributed by atoms with E-state index < -0.39 is 0 Å². The third kappa shape index (κ3) is 3.63. The van der Waals surface area contributed by atoms with Crippen molar-refractivity contribution in [3.05, 3.63) is 59.5 Å². The summed E-state index contributed by atoms with van der Waals surface area (Å²) in [5.74, 6) is 0.0991. The number of carbonyl (C=O) groups is 2. The number of amides is 2. The van der Waals surface area contributed by atoms with E-state index in [1.807, 2.05) is 30.3 Å². The minimum Gasteiger partial charge on any atom is -0.441 e. The topological polar surface area (TPSA) is 75.4 Å². The molecule has 144 valence electrons. The summed E-state index contributed by atoms with van der Waals surface area (Å²) in [6.07, 6.45) is 1.21. The Labute approximate surface area is 163 Å². The van der Waals surface area contributed by atoms with Crippen LogP contribution in [0.2, 0.25) is 0 Å². The number of nitrogens with zero attached hydrogens (tertiary/aromatic N) is 2. The molecule has 6 heteroatoms. The molecule has 1 saturated heterocycles. The van der Waals surface area contributed by atoms with E-state index >= 15 is 0 Å². The molecule has 2 aromatic carbocycles. The van der Waals surface area contributed by atoms with Gasteiger partial charge in [-0.2, -0.15) is 0 Å². The summed E-state index contributed by atoms with van der Waals surface area (Å²) in [6, 6.07) is 13.7. The zero-order chi connectivity index (χ0) is 19.7. The van der Waals surface area contributed by atoms with E-state index in [1.165, 1.54) is 5.56 Å². The molecule has 0 spiro atoms. The SMILES string of the molecule is CCc1ccc(CNC(=O)C2CC(=O)N(c3ccc4oc(C)nc4c3)C2)cc1. The second kappa shape index (κ2) is 7.46. The van der Waals surface area contributed by atoms with Crippen LogP contribution in [0.15, 0.2) is 46.9 Å². The number of anilines is 1. The fourth-order valence-electron chi connectivity index (χ4n) is 3.56. The highest BCUT2D eigenvalue weighted by Crippen LogP contribution is 2.28. The molecular weight excluding hydrogens is 354 g/mol. The maximum absolute atomic E-state index is 12.6. The normalized spacial score (nSPS) is 16.7. The first-order valence-corrected chi connectivity index (χ1v) is 9.56. The molecule has 3 aromatic rings. The molecule has 1 atom stereocenters. The van der Waals surface area contributed by atoms with Crippen molar-refractivity contribution >= 4 is 28.6 Å². The van der Waals surface area contributed by atoms with Gasteiger partial charge < -0.3 is 14.6 Å². The Kier molecular flexibility index (Phi) is 4.86. The van der Waals surface area contributed by atoms with Gasteiger partial charge in [0.15, 0.2) is 11.5 Å². The molecule has 6 nitrogen and oxygen atoms in total. The molecule has 0 bridgehead atoms. The Morgan fingerprint density at radius 3 is 2.71 bits per heavy atom. The number of fused-ring (bicyclic) bond motifs is 1. The van der Waals surface area contributed by atoms with Crippen molar-refractivity contribution in [2.75, 3.05) is 11.4 Å². The van der Waals surface area contributed by atoms with Crippen LogP contribution >= 0.6 is 0 Å². The highest BCUT2D eigenvalue weighted by atomic mass is 16.3. The second-order valence-electron chi connectivity index (χ2n) is 7.18. The van der Waals surface area contributed by atoms with E-state index in [-0.39, 0.29) is 24.2 Å². The molecule has 1 N–H and O–H groups in total. The molecule has 1 fully saturated rings. The molecule has 1 aromatic heterocycles. The lowest BCUT2D eigenvalue weighted by atomic mass is 10.1. The lowest BCUT2D eigenvalue weighted by molar-refractivity contribution is -0.126. The highest BCUT2D eigenvalue weighted by molar-refractivity contribution is 6.01. The molecule has 0 saturated carbocycles. The van der Waals surface area contributed by atoms with E-state index in [4.69, 9.17) is 4.42 Å². The van der Waals surface area contributed by atoms with Crippen LogP contribution in [0.4, 0.5) is 5.69 Å². The van der Waals surface area contributed by atoms with Crippen LogP contribution in [0.3, 0.4) is 0 Å². The van der Waals surface area contributed by atoms with Gasteiger partial charge in [0.25, 0.3) is 0 Å². The number of rotatable bonds is 5. The zero-order valence-electron chi connectivity index (χ0n) is 16.1. The fourth-order valence-corrected chi connectivity index (χ4v) is 3.56. The largest absolute Gasteiger partial charge is 0.441 e. The molecule has 1 aliphatic heterocycles. The van der Waals surface area contributed by atoms with Crippen LogP contribution in [0.25, 0.3) is 11.1 Å². The number of benzene rings is 2. The molecule has 0 radical (unpaired) electrons. The number of hydrogen-bond donors (Lipinski definition) is 1. The fraction of sp³-hybridized carbons (Fsp3) is 0.318. The summed E-state index contributed by atoms with van der Waals surface area (Å²) in [6.45, 7) is 4.75. The van der Waals surface area contributed by atoms with Gasteiger partial charge >= 0.3 is 0 Å². The van der Waals surface area contributed by atoms with Crippen LogP contribution in [0.1, 0.15) is 30.4 Å². The maximum atomic E-state index is 12.6. The van der Waals surface area contributed by atoms with Gasteiger partial charge in [-0.1, -0.05) is 31.2 Å². The van der Waals surface area contributed by atoms with E-state index in [2.05, 4.69) is 29.4 Å². The molecule has 0 aliphatic carbocycles. The maximum Gasteiger partial charge on any atom is 0.227 e. The zero-order valence-corrected chi connectivity index (χ0v) is 16.1. The number of oxazole rings is 1. The van der Waals surface area contributed by atoms with Crippen molar-refractivity contribution < 1.29 is 14.0 Å². The van der Waals surface area contributed by atoms with Gasteiger partial charge in [-0.25, -0.2) is 4.98 Å². The van der Waals surface area contributed by atoms with Crippen molar-refractivity contribution in [1.29, 1.82) is 0 Å². The predicted octanol–water partition coefficient (Wildman–Crippen LogP) is 3.37. The summed E-state index contributed by atoms with van der Waals surface area (Å²) >= 11 is 0. The number of carbonyl (C=O) groups excluding carboxylic acids is 2. The van der Waals surface area contributed by atoms with Gasteiger partial charge in [0.1, 0.15) is 5.52 Å². The third-order valence-electron chi connectivity index (χ3n) is 5.18. The van der Waals surface area contributed by atoms with Crippen molar-refractivity contribution in [3.8, 4) is 0 Å². The van der Waals surface area contributed by atoms with Gasteiger partial charge in [0, 0.05) is 32.1 Å². The van der Waals surface area contributed by atoms with Gasteiger partial charge in [0.2, 0.25) is 11.8 Å². The number of hydrogen-bond acceptors (Lipinski definition) is 4. The smallest absolute Gasteiger partial charge is 0.227 e. The summed E-state index contributed by atoms with van der Waals surface area (Å²) in [5, 5.41) is 2.96. The minimum atomic E-state index is -0.350. The quantitative estimate of drug-likeness (QED) is 0.740. The van der Waals surface area contributed by atoms with Gasteiger partial charge in [-0.15, -0.1) is 0 Å². The van der Waals surface area contributed by atoms with Crippen molar-refractivity contribution in [2.24, 2.45) is 5.92 Å². The Balaban J connectivity index is 1.40. The van der Waals surface area contributed by atoms with Crippen molar-refractivity contribution in [1.82, 2.24) is 10.3 Å².